The van der Waals surface area contributed by atoms with Gasteiger partial charge in [0.15, 0.2) is 5.78 Å². The third-order valence-corrected chi connectivity index (χ3v) is 6.41. The maximum atomic E-state index is 12.6. The Labute approximate surface area is 197 Å². The van der Waals surface area contributed by atoms with E-state index in [-0.39, 0.29) is 30.9 Å². The molecule has 0 aromatic heterocycles. The highest BCUT2D eigenvalue weighted by atomic mass is 16.6. The van der Waals surface area contributed by atoms with Crippen LogP contribution in [0.15, 0.2) is 60.7 Å². The maximum Gasteiger partial charge on any atom is 0.410 e. The third-order valence-electron chi connectivity index (χ3n) is 6.41. The molecule has 0 radical (unpaired) electrons. The minimum absolute atomic E-state index is 0.0166. The number of rotatable bonds is 6. The summed E-state index contributed by atoms with van der Waals surface area (Å²) in [6.07, 6.45) is 0.328. The first-order valence-corrected chi connectivity index (χ1v) is 11.5. The van der Waals surface area contributed by atoms with Gasteiger partial charge in [0.05, 0.1) is 6.42 Å². The molecule has 0 atom stereocenters. The highest BCUT2D eigenvalue weighted by molar-refractivity contribution is 5.97. The molecular formula is C27H26N2O5. The molecule has 174 valence electrons. The molecule has 3 aromatic rings. The van der Waals surface area contributed by atoms with E-state index in [4.69, 9.17) is 9.47 Å². The summed E-state index contributed by atoms with van der Waals surface area (Å²) in [5.74, 6) is 0.225. The summed E-state index contributed by atoms with van der Waals surface area (Å²) < 4.78 is 10.7. The summed E-state index contributed by atoms with van der Waals surface area (Å²) in [5, 5.41) is 2.28. The number of nitrogens with zero attached hydrogens (tertiary/aromatic N) is 2. The summed E-state index contributed by atoms with van der Waals surface area (Å²) in [7, 11) is 0. The molecule has 7 heteroatoms. The number of fused-ring (bicyclic) bond motifs is 2. The van der Waals surface area contributed by atoms with Crippen molar-refractivity contribution in [3.8, 4) is 5.75 Å². The zero-order valence-corrected chi connectivity index (χ0v) is 18.9. The number of hydrogen-bond donors (Lipinski definition) is 0. The van der Waals surface area contributed by atoms with Crippen molar-refractivity contribution in [1.82, 2.24) is 9.80 Å². The van der Waals surface area contributed by atoms with Gasteiger partial charge in [-0.3, -0.25) is 14.5 Å². The maximum absolute atomic E-state index is 12.6. The minimum atomic E-state index is -0.309. The van der Waals surface area contributed by atoms with Gasteiger partial charge >= 0.3 is 12.1 Å². The molecule has 0 unspecified atom stereocenters. The molecule has 0 saturated carbocycles. The zero-order valence-electron chi connectivity index (χ0n) is 18.9. The number of piperazine rings is 1. The third kappa shape index (κ3) is 4.94. The van der Waals surface area contributed by atoms with Crippen molar-refractivity contribution in [2.75, 3.05) is 32.7 Å². The molecule has 34 heavy (non-hydrogen) atoms. The predicted molar refractivity (Wildman–Crippen MR) is 127 cm³/mol. The average Bonchev–Trinajstić information content (AvgIpc) is 3.25. The topological polar surface area (TPSA) is 76.2 Å². The Hall–Kier alpha value is -3.71. The van der Waals surface area contributed by atoms with Crippen LogP contribution in [0.3, 0.4) is 0 Å². The summed E-state index contributed by atoms with van der Waals surface area (Å²) >= 11 is 0. The minimum Gasteiger partial charge on any atom is -0.445 e. The molecule has 7 nitrogen and oxygen atoms in total. The van der Waals surface area contributed by atoms with E-state index in [0.29, 0.717) is 50.5 Å². The summed E-state index contributed by atoms with van der Waals surface area (Å²) in [6.45, 7) is 3.39. The lowest BCUT2D eigenvalue weighted by molar-refractivity contribution is -0.131. The van der Waals surface area contributed by atoms with E-state index in [2.05, 4.69) is 11.0 Å². The molecule has 0 bridgehead atoms. The van der Waals surface area contributed by atoms with Crippen molar-refractivity contribution in [2.24, 2.45) is 0 Å². The van der Waals surface area contributed by atoms with Crippen molar-refractivity contribution in [3.05, 3.63) is 77.4 Å². The zero-order chi connectivity index (χ0) is 23.5. The molecule has 1 fully saturated rings. The normalized spacial score (nSPS) is 15.8. The largest absolute Gasteiger partial charge is 0.445 e. The van der Waals surface area contributed by atoms with Crippen molar-refractivity contribution in [3.63, 3.8) is 0 Å². The number of ketones is 1. The number of hydrogen-bond acceptors (Lipinski definition) is 6. The van der Waals surface area contributed by atoms with Gasteiger partial charge in [0.1, 0.15) is 12.4 Å². The van der Waals surface area contributed by atoms with Crippen LogP contribution in [0.25, 0.3) is 10.8 Å². The Balaban J connectivity index is 1.06. The number of ether oxygens (including phenoxy) is 2. The summed E-state index contributed by atoms with van der Waals surface area (Å²) in [6, 6.07) is 19.4. The van der Waals surface area contributed by atoms with Crippen LogP contribution in [0.5, 0.6) is 5.75 Å². The SMILES string of the molecule is O=C1Cc2ccc(C(=O)CCN3CCN(C(=O)OCc4ccc5ccccc5c4)CC3)cc2O1. The van der Waals surface area contributed by atoms with Crippen LogP contribution in [0.2, 0.25) is 0 Å². The number of amides is 1. The lowest BCUT2D eigenvalue weighted by Gasteiger charge is -2.33. The highest BCUT2D eigenvalue weighted by Gasteiger charge is 2.24. The first-order chi connectivity index (χ1) is 16.5. The van der Waals surface area contributed by atoms with Gasteiger partial charge in [-0.25, -0.2) is 4.79 Å². The van der Waals surface area contributed by atoms with Gasteiger partial charge in [-0.1, -0.05) is 48.5 Å². The van der Waals surface area contributed by atoms with Crippen LogP contribution >= 0.6 is 0 Å². The highest BCUT2D eigenvalue weighted by Crippen LogP contribution is 2.27. The van der Waals surface area contributed by atoms with Gasteiger partial charge < -0.3 is 14.4 Å². The number of carbonyl (C=O) groups is 3. The van der Waals surface area contributed by atoms with Gasteiger partial charge in [-0.05, 0) is 28.5 Å². The summed E-state index contributed by atoms with van der Waals surface area (Å²) in [4.78, 5) is 40.4. The molecule has 2 aliphatic heterocycles. The second-order valence-electron chi connectivity index (χ2n) is 8.71. The van der Waals surface area contributed by atoms with Crippen LogP contribution in [0.1, 0.15) is 27.9 Å². The molecule has 1 amide bonds. The Kier molecular flexibility index (Phi) is 6.27. The van der Waals surface area contributed by atoms with E-state index >= 15 is 0 Å². The molecule has 1 saturated heterocycles. The lowest BCUT2D eigenvalue weighted by atomic mass is 10.0. The molecule has 5 rings (SSSR count). The average molecular weight is 459 g/mol. The van der Waals surface area contributed by atoms with Crippen molar-refractivity contribution in [2.45, 2.75) is 19.4 Å². The monoisotopic (exact) mass is 458 g/mol. The van der Waals surface area contributed by atoms with E-state index < -0.39 is 0 Å². The van der Waals surface area contributed by atoms with Gasteiger partial charge in [-0.2, -0.15) is 0 Å². The van der Waals surface area contributed by atoms with E-state index in [1.807, 2.05) is 36.4 Å². The summed E-state index contributed by atoms with van der Waals surface area (Å²) in [5.41, 5.74) is 2.35. The fourth-order valence-corrected chi connectivity index (χ4v) is 4.41. The van der Waals surface area contributed by atoms with Crippen molar-refractivity contribution < 1.29 is 23.9 Å². The Morgan fingerprint density at radius 2 is 1.71 bits per heavy atom. The van der Waals surface area contributed by atoms with Crippen LogP contribution in [-0.2, 0) is 22.6 Å². The molecule has 0 N–H and O–H groups in total. The fraction of sp³-hybridized carbons (Fsp3) is 0.296. The second-order valence-corrected chi connectivity index (χ2v) is 8.71. The van der Waals surface area contributed by atoms with Crippen molar-refractivity contribution in [1.29, 1.82) is 0 Å². The van der Waals surface area contributed by atoms with E-state index in [9.17, 15) is 14.4 Å². The molecule has 3 aromatic carbocycles. The first-order valence-electron chi connectivity index (χ1n) is 11.5. The van der Waals surface area contributed by atoms with E-state index in [0.717, 1.165) is 21.9 Å². The standard InChI is InChI=1S/C27H26N2O5/c30-24(22-7-8-23-17-26(31)34-25(23)16-22)9-10-28-11-13-29(14-12-28)27(32)33-18-19-5-6-20-3-1-2-4-21(20)15-19/h1-8,15-16H,9-14,17-18H2. The quantitative estimate of drug-likeness (QED) is 0.318. The van der Waals surface area contributed by atoms with Crippen LogP contribution in [0.4, 0.5) is 4.79 Å². The molecule has 0 spiro atoms. The van der Waals surface area contributed by atoms with Crippen molar-refractivity contribution >= 4 is 28.6 Å². The predicted octanol–water partition coefficient (Wildman–Crippen LogP) is 3.83. The van der Waals surface area contributed by atoms with E-state index in [1.54, 1.807) is 23.1 Å². The molecule has 0 aliphatic carbocycles. The number of benzene rings is 3. The lowest BCUT2D eigenvalue weighted by Crippen LogP contribution is -2.49. The number of carbonyl (C=O) groups excluding carboxylic acids is 3. The van der Waals surface area contributed by atoms with Gasteiger partial charge in [-0.15, -0.1) is 0 Å². The molecule has 2 aliphatic rings. The van der Waals surface area contributed by atoms with E-state index in [1.165, 1.54) is 0 Å². The van der Waals surface area contributed by atoms with Gasteiger partial charge in [0.2, 0.25) is 0 Å². The number of esters is 1. The number of Topliss-reactive ketones (excluding diaryl/α,β-unsaturated/α-hetero) is 1. The van der Waals surface area contributed by atoms with Crippen LogP contribution in [-0.4, -0.2) is 60.4 Å². The second kappa shape index (κ2) is 9.65. The Morgan fingerprint density at radius 1 is 0.912 bits per heavy atom. The van der Waals surface area contributed by atoms with Crippen LogP contribution < -0.4 is 4.74 Å². The Morgan fingerprint density at radius 3 is 2.53 bits per heavy atom. The fourth-order valence-electron chi connectivity index (χ4n) is 4.41. The first kappa shape index (κ1) is 22.1. The van der Waals surface area contributed by atoms with Crippen LogP contribution in [0, 0.1) is 0 Å². The smallest absolute Gasteiger partial charge is 0.410 e. The van der Waals surface area contributed by atoms with Gasteiger partial charge in [0.25, 0.3) is 0 Å². The Bertz CT molecular complexity index is 1250. The van der Waals surface area contributed by atoms with Gasteiger partial charge in [0, 0.05) is 50.3 Å². The molecular weight excluding hydrogens is 432 g/mol. The molecule has 2 heterocycles.